The van der Waals surface area contributed by atoms with Gasteiger partial charge in [0.05, 0.1) is 10.6 Å². The number of carboxylic acids is 1. The summed E-state index contributed by atoms with van der Waals surface area (Å²) < 4.78 is 26.2. The van der Waals surface area contributed by atoms with Crippen LogP contribution in [-0.2, 0) is 10.0 Å². The molecule has 1 aromatic carbocycles. The summed E-state index contributed by atoms with van der Waals surface area (Å²) in [6, 6.07) is 3.50. The zero-order chi connectivity index (χ0) is 14.5. The Morgan fingerprint density at radius 3 is 2.74 bits per heavy atom. The van der Waals surface area contributed by atoms with Crippen molar-refractivity contribution in [2.24, 2.45) is 0 Å². The summed E-state index contributed by atoms with van der Waals surface area (Å²) in [7, 11) is -3.84. The lowest BCUT2D eigenvalue weighted by Gasteiger charge is -2.08. The van der Waals surface area contributed by atoms with E-state index < -0.39 is 16.0 Å². The van der Waals surface area contributed by atoms with Crippen molar-refractivity contribution in [3.63, 3.8) is 0 Å². The topological polar surface area (TPSA) is 83.5 Å². The van der Waals surface area contributed by atoms with Crippen LogP contribution in [0.2, 0.25) is 5.02 Å². The lowest BCUT2D eigenvalue weighted by atomic mass is 10.2. The van der Waals surface area contributed by atoms with Crippen molar-refractivity contribution in [2.75, 3.05) is 6.54 Å². The molecule has 0 amide bonds. The van der Waals surface area contributed by atoms with Crippen LogP contribution >= 0.6 is 11.6 Å². The molecule has 0 spiro atoms. The van der Waals surface area contributed by atoms with Gasteiger partial charge in [0.15, 0.2) is 0 Å². The number of halogens is 1. The summed E-state index contributed by atoms with van der Waals surface area (Å²) in [6.07, 6.45) is 5.99. The van der Waals surface area contributed by atoms with Gasteiger partial charge in [-0.05, 0) is 24.6 Å². The van der Waals surface area contributed by atoms with Crippen LogP contribution in [0.5, 0.6) is 0 Å². The third kappa shape index (κ3) is 4.24. The number of nitrogens with one attached hydrogen (secondary N) is 1. The number of rotatable bonds is 6. The van der Waals surface area contributed by atoms with Gasteiger partial charge in [0.1, 0.15) is 4.90 Å². The molecule has 0 fully saturated rings. The van der Waals surface area contributed by atoms with E-state index in [0.717, 1.165) is 6.07 Å². The Bertz CT molecular complexity index is 619. The smallest absolute Gasteiger partial charge is 0.335 e. The van der Waals surface area contributed by atoms with Crippen LogP contribution in [0, 0.1) is 12.3 Å². The van der Waals surface area contributed by atoms with Gasteiger partial charge in [-0.1, -0.05) is 11.6 Å². The molecule has 0 aliphatic rings. The van der Waals surface area contributed by atoms with Gasteiger partial charge < -0.3 is 5.11 Å². The summed E-state index contributed by atoms with van der Waals surface area (Å²) in [5.41, 5.74) is -0.145. The molecule has 2 N–H and O–H groups in total. The highest BCUT2D eigenvalue weighted by atomic mass is 35.5. The van der Waals surface area contributed by atoms with E-state index >= 15 is 0 Å². The van der Waals surface area contributed by atoms with E-state index in [4.69, 9.17) is 23.1 Å². The Morgan fingerprint density at radius 1 is 1.47 bits per heavy atom. The molecule has 0 unspecified atom stereocenters. The standard InChI is InChI=1S/C12H12ClNO4S/c1-2-3-4-7-14-19(17,18)11-8-9(12(15)16)5-6-10(11)13/h1,5-6,8,14H,3-4,7H2,(H,15,16). The second-order valence-electron chi connectivity index (χ2n) is 3.66. The van der Waals surface area contributed by atoms with E-state index in [2.05, 4.69) is 10.6 Å². The average Bonchev–Trinajstić information content (AvgIpc) is 2.34. The first-order chi connectivity index (χ1) is 8.88. The quantitative estimate of drug-likeness (QED) is 0.619. The van der Waals surface area contributed by atoms with Crippen molar-refractivity contribution in [1.82, 2.24) is 4.72 Å². The van der Waals surface area contributed by atoms with E-state index in [0.29, 0.717) is 12.8 Å². The van der Waals surface area contributed by atoms with E-state index in [9.17, 15) is 13.2 Å². The highest BCUT2D eigenvalue weighted by Crippen LogP contribution is 2.22. The molecule has 0 atom stereocenters. The predicted molar refractivity (Wildman–Crippen MR) is 71.7 cm³/mol. The van der Waals surface area contributed by atoms with Gasteiger partial charge in [0, 0.05) is 13.0 Å². The molecule has 0 heterocycles. The van der Waals surface area contributed by atoms with Crippen LogP contribution in [0.4, 0.5) is 0 Å². The largest absolute Gasteiger partial charge is 0.478 e. The minimum atomic E-state index is -3.84. The molecule has 0 saturated heterocycles. The number of unbranched alkanes of at least 4 members (excludes halogenated alkanes) is 1. The molecule has 19 heavy (non-hydrogen) atoms. The second kappa shape index (κ2) is 6.57. The molecule has 1 rings (SSSR count). The number of carboxylic acid groups (broad SMARTS) is 1. The minimum absolute atomic E-state index is 0.0329. The van der Waals surface area contributed by atoms with Gasteiger partial charge in [-0.25, -0.2) is 17.9 Å². The molecule has 102 valence electrons. The number of hydrogen-bond donors (Lipinski definition) is 2. The Hall–Kier alpha value is -1.55. The Kier molecular flexibility index (Phi) is 5.36. The van der Waals surface area contributed by atoms with Crippen LogP contribution in [0.25, 0.3) is 0 Å². The molecule has 7 heteroatoms. The molecular weight excluding hydrogens is 290 g/mol. The van der Waals surface area contributed by atoms with Gasteiger partial charge in [0.2, 0.25) is 10.0 Å². The summed E-state index contributed by atoms with van der Waals surface area (Å²) in [5.74, 6) is 1.17. The molecular formula is C12H12ClNO4S. The normalized spacial score (nSPS) is 10.9. The number of aromatic carboxylic acids is 1. The lowest BCUT2D eigenvalue weighted by Crippen LogP contribution is -2.25. The fourth-order valence-corrected chi connectivity index (χ4v) is 2.91. The first kappa shape index (κ1) is 15.5. The van der Waals surface area contributed by atoms with Crippen molar-refractivity contribution in [3.05, 3.63) is 28.8 Å². The fourth-order valence-electron chi connectivity index (χ4n) is 1.32. The first-order valence-corrected chi connectivity index (χ1v) is 7.20. The molecule has 1 aromatic rings. The van der Waals surface area contributed by atoms with E-state index in [1.165, 1.54) is 12.1 Å². The Balaban J connectivity index is 2.97. The third-order valence-corrected chi connectivity index (χ3v) is 4.20. The average molecular weight is 302 g/mol. The number of benzene rings is 1. The first-order valence-electron chi connectivity index (χ1n) is 5.34. The summed E-state index contributed by atoms with van der Waals surface area (Å²) in [6.45, 7) is 0.167. The Morgan fingerprint density at radius 2 is 2.16 bits per heavy atom. The fraction of sp³-hybridized carbons (Fsp3) is 0.250. The van der Waals surface area contributed by atoms with Crippen molar-refractivity contribution in [1.29, 1.82) is 0 Å². The molecule has 5 nitrogen and oxygen atoms in total. The van der Waals surface area contributed by atoms with Gasteiger partial charge in [0.25, 0.3) is 0 Å². The van der Waals surface area contributed by atoms with Crippen LogP contribution < -0.4 is 4.72 Å². The van der Waals surface area contributed by atoms with Crippen molar-refractivity contribution in [3.8, 4) is 12.3 Å². The zero-order valence-corrected chi connectivity index (χ0v) is 11.5. The second-order valence-corrected chi connectivity index (χ2v) is 5.80. The van der Waals surface area contributed by atoms with Crippen LogP contribution in [0.1, 0.15) is 23.2 Å². The number of carbonyl (C=O) groups is 1. The van der Waals surface area contributed by atoms with Crippen LogP contribution in [0.15, 0.2) is 23.1 Å². The highest BCUT2D eigenvalue weighted by Gasteiger charge is 2.19. The van der Waals surface area contributed by atoms with Crippen molar-refractivity contribution >= 4 is 27.6 Å². The minimum Gasteiger partial charge on any atom is -0.478 e. The number of sulfonamides is 1. The van der Waals surface area contributed by atoms with E-state index in [1.807, 2.05) is 0 Å². The molecule has 0 aliphatic carbocycles. The van der Waals surface area contributed by atoms with Crippen LogP contribution in [-0.4, -0.2) is 26.0 Å². The van der Waals surface area contributed by atoms with Gasteiger partial charge in [-0.2, -0.15) is 0 Å². The number of terminal acetylenes is 1. The van der Waals surface area contributed by atoms with Crippen molar-refractivity contribution < 1.29 is 18.3 Å². The maximum absolute atomic E-state index is 12.0. The summed E-state index contributed by atoms with van der Waals surface area (Å²) in [4.78, 5) is 10.6. The Labute approximate surface area is 116 Å². The summed E-state index contributed by atoms with van der Waals surface area (Å²) >= 11 is 5.78. The van der Waals surface area contributed by atoms with Gasteiger partial charge in [-0.3, -0.25) is 0 Å². The number of hydrogen-bond acceptors (Lipinski definition) is 3. The SMILES string of the molecule is C#CCCCNS(=O)(=O)c1cc(C(=O)O)ccc1Cl. The maximum atomic E-state index is 12.0. The van der Waals surface area contributed by atoms with Gasteiger partial charge >= 0.3 is 5.97 Å². The molecule has 0 saturated carbocycles. The van der Waals surface area contributed by atoms with Crippen molar-refractivity contribution in [2.45, 2.75) is 17.7 Å². The van der Waals surface area contributed by atoms with E-state index in [-0.39, 0.29) is 22.0 Å². The monoisotopic (exact) mass is 301 g/mol. The molecule has 0 bridgehead atoms. The third-order valence-electron chi connectivity index (χ3n) is 2.26. The summed E-state index contributed by atoms with van der Waals surface area (Å²) in [5, 5.41) is 8.80. The van der Waals surface area contributed by atoms with E-state index in [1.54, 1.807) is 0 Å². The molecule has 0 aromatic heterocycles. The highest BCUT2D eigenvalue weighted by molar-refractivity contribution is 7.89. The predicted octanol–water partition coefficient (Wildman–Crippen LogP) is 1.73. The zero-order valence-electron chi connectivity index (χ0n) is 9.89. The lowest BCUT2D eigenvalue weighted by molar-refractivity contribution is 0.0696. The molecule has 0 aliphatic heterocycles. The van der Waals surface area contributed by atoms with Crippen LogP contribution in [0.3, 0.4) is 0 Å². The molecule has 0 radical (unpaired) electrons. The maximum Gasteiger partial charge on any atom is 0.335 e. The van der Waals surface area contributed by atoms with Gasteiger partial charge in [-0.15, -0.1) is 12.3 Å².